The number of anilines is 1. The number of nitrogens with zero attached hydrogens (tertiary/aromatic N) is 2. The smallest absolute Gasteiger partial charge is 0.0987 e. The van der Waals surface area contributed by atoms with Gasteiger partial charge in [-0.1, -0.05) is 12.6 Å². The molecule has 0 bridgehead atoms. The van der Waals surface area contributed by atoms with Crippen LogP contribution in [-0.4, -0.2) is 29.1 Å². The number of hydrogen-bond donors (Lipinski definition) is 1. The van der Waals surface area contributed by atoms with Crippen LogP contribution in [0.4, 0.5) is 5.69 Å². The molecule has 134 valence electrons. The molecule has 0 aliphatic carbocycles. The van der Waals surface area contributed by atoms with Crippen molar-refractivity contribution in [3.63, 3.8) is 0 Å². The van der Waals surface area contributed by atoms with Gasteiger partial charge in [0.05, 0.1) is 10.6 Å². The Hall–Kier alpha value is -2.26. The summed E-state index contributed by atoms with van der Waals surface area (Å²) in [6.07, 6.45) is 6.12. The second-order valence-electron chi connectivity index (χ2n) is 7.00. The minimum Gasteiger partial charge on any atom is -0.348 e. The number of likely N-dealkylation sites (tertiary alicyclic amines) is 1. The van der Waals surface area contributed by atoms with Crippen molar-refractivity contribution in [3.05, 3.63) is 65.2 Å². The van der Waals surface area contributed by atoms with E-state index in [1.807, 2.05) is 6.07 Å². The van der Waals surface area contributed by atoms with Crippen LogP contribution in [0.5, 0.6) is 0 Å². The molecule has 3 aromatic rings. The summed E-state index contributed by atoms with van der Waals surface area (Å²) in [7, 11) is 2.25. The van der Waals surface area contributed by atoms with Gasteiger partial charge >= 0.3 is 0 Å². The van der Waals surface area contributed by atoms with Crippen LogP contribution in [0, 0.1) is 0 Å². The number of aryl methyl sites for hydroxylation is 1. The van der Waals surface area contributed by atoms with E-state index in [0.717, 1.165) is 28.8 Å². The number of fused-ring (bicyclic) bond motifs is 1. The van der Waals surface area contributed by atoms with Crippen molar-refractivity contribution in [2.75, 3.05) is 18.9 Å². The van der Waals surface area contributed by atoms with Gasteiger partial charge in [-0.2, -0.15) is 0 Å². The van der Waals surface area contributed by atoms with Crippen molar-refractivity contribution in [1.82, 2.24) is 9.47 Å². The average Bonchev–Trinajstić information content (AvgIpc) is 3.39. The van der Waals surface area contributed by atoms with E-state index in [4.69, 9.17) is 0 Å². The van der Waals surface area contributed by atoms with E-state index in [1.54, 1.807) is 11.3 Å². The van der Waals surface area contributed by atoms with Gasteiger partial charge in [0.25, 0.3) is 0 Å². The van der Waals surface area contributed by atoms with Gasteiger partial charge in [0.2, 0.25) is 0 Å². The quantitative estimate of drug-likeness (QED) is 0.590. The summed E-state index contributed by atoms with van der Waals surface area (Å²) in [5.74, 6) is 0. The molecular weight excluding hydrogens is 338 g/mol. The maximum Gasteiger partial charge on any atom is 0.0987 e. The molecule has 4 heteroatoms. The van der Waals surface area contributed by atoms with E-state index in [9.17, 15) is 0 Å². The van der Waals surface area contributed by atoms with E-state index >= 15 is 0 Å². The lowest BCUT2D eigenvalue weighted by Gasteiger charge is -2.19. The fourth-order valence-corrected chi connectivity index (χ4v) is 4.56. The third kappa shape index (κ3) is 3.49. The third-order valence-corrected chi connectivity index (χ3v) is 6.25. The second-order valence-corrected chi connectivity index (χ2v) is 7.95. The molecule has 0 radical (unpaired) electrons. The molecule has 1 aliphatic heterocycles. The normalized spacial score (nSPS) is 17.5. The lowest BCUT2D eigenvalue weighted by molar-refractivity contribution is 0.287. The molecule has 1 N–H and O–H groups in total. The summed E-state index contributed by atoms with van der Waals surface area (Å²) in [6.45, 7) is 6.15. The van der Waals surface area contributed by atoms with E-state index < -0.39 is 0 Å². The molecule has 1 atom stereocenters. The van der Waals surface area contributed by atoms with Crippen LogP contribution in [0.2, 0.25) is 0 Å². The molecule has 3 nitrogen and oxygen atoms in total. The van der Waals surface area contributed by atoms with Gasteiger partial charge in [-0.3, -0.25) is 0 Å². The molecule has 1 saturated heterocycles. The Morgan fingerprint density at radius 3 is 3.00 bits per heavy atom. The number of aromatic nitrogens is 1. The first-order chi connectivity index (χ1) is 12.7. The first-order valence-corrected chi connectivity index (χ1v) is 10.1. The van der Waals surface area contributed by atoms with Crippen LogP contribution >= 0.6 is 11.3 Å². The lowest BCUT2D eigenvalue weighted by Crippen LogP contribution is -2.25. The zero-order valence-corrected chi connectivity index (χ0v) is 16.1. The molecule has 1 aromatic carbocycles. The van der Waals surface area contributed by atoms with Gasteiger partial charge in [0.15, 0.2) is 0 Å². The fourth-order valence-electron chi connectivity index (χ4n) is 3.86. The zero-order valence-electron chi connectivity index (χ0n) is 15.2. The van der Waals surface area contributed by atoms with Gasteiger partial charge in [0.1, 0.15) is 0 Å². The molecule has 0 saturated carbocycles. The molecular formula is C22H25N3S. The Morgan fingerprint density at radius 2 is 2.27 bits per heavy atom. The van der Waals surface area contributed by atoms with Crippen molar-refractivity contribution >= 4 is 33.6 Å². The summed E-state index contributed by atoms with van der Waals surface area (Å²) >= 11 is 1.69. The molecule has 0 amide bonds. The van der Waals surface area contributed by atoms with E-state index in [2.05, 4.69) is 76.1 Å². The molecule has 0 spiro atoms. The van der Waals surface area contributed by atoms with Gasteiger partial charge in [-0.15, -0.1) is 17.1 Å². The number of rotatable bonds is 6. The topological polar surface area (TPSA) is 20.2 Å². The summed E-state index contributed by atoms with van der Waals surface area (Å²) < 4.78 is 2.38. The minimum atomic E-state index is 0.736. The second kappa shape index (κ2) is 7.55. The predicted molar refractivity (Wildman–Crippen MR) is 113 cm³/mol. The number of hydrogen-bond acceptors (Lipinski definition) is 3. The standard InChI is InChI=1S/C22H25N3S/c1-3-20(22-7-5-15-26-22)23-18-8-9-21-17(16-18)10-13-25(21)14-11-19-6-4-12-24(19)2/h5,7-10,13,15-16,19,23H,1,4,6,11-12,14H2,2H3. The predicted octanol–water partition coefficient (Wildman–Crippen LogP) is 5.43. The highest BCUT2D eigenvalue weighted by atomic mass is 32.1. The molecule has 3 heterocycles. The maximum atomic E-state index is 3.82. The molecule has 1 unspecified atom stereocenters. The van der Waals surface area contributed by atoms with E-state index in [-0.39, 0.29) is 0 Å². The minimum absolute atomic E-state index is 0.736. The highest BCUT2D eigenvalue weighted by Gasteiger charge is 2.20. The van der Waals surface area contributed by atoms with Gasteiger partial charge < -0.3 is 14.8 Å². The van der Waals surface area contributed by atoms with Crippen LogP contribution < -0.4 is 5.32 Å². The number of thiophene rings is 1. The average molecular weight is 364 g/mol. The van der Waals surface area contributed by atoms with Crippen molar-refractivity contribution in [2.24, 2.45) is 0 Å². The Labute approximate surface area is 159 Å². The van der Waals surface area contributed by atoms with Crippen LogP contribution in [0.1, 0.15) is 24.1 Å². The van der Waals surface area contributed by atoms with Gasteiger partial charge in [-0.25, -0.2) is 0 Å². The third-order valence-electron chi connectivity index (χ3n) is 5.36. The molecule has 1 fully saturated rings. The summed E-state index contributed by atoms with van der Waals surface area (Å²) in [4.78, 5) is 3.65. The van der Waals surface area contributed by atoms with Crippen LogP contribution in [-0.2, 0) is 6.54 Å². The van der Waals surface area contributed by atoms with E-state index in [0.29, 0.717) is 0 Å². The molecule has 1 aliphatic rings. The Bertz CT molecular complexity index is 932. The van der Waals surface area contributed by atoms with Crippen LogP contribution in [0.3, 0.4) is 0 Å². The molecule has 2 aromatic heterocycles. The van der Waals surface area contributed by atoms with Crippen molar-refractivity contribution < 1.29 is 0 Å². The number of nitrogens with one attached hydrogen (secondary N) is 1. The Kier molecular flexibility index (Phi) is 4.98. The number of benzene rings is 1. The molecule has 26 heavy (non-hydrogen) atoms. The first kappa shape index (κ1) is 17.2. The SMILES string of the molecule is C=C=C(Nc1ccc2c(ccn2CCC2CCCN2C)c1)c1cccs1. The molecule has 4 rings (SSSR count). The highest BCUT2D eigenvalue weighted by Crippen LogP contribution is 2.26. The van der Waals surface area contributed by atoms with Gasteiger partial charge in [-0.05, 0) is 68.6 Å². The van der Waals surface area contributed by atoms with Crippen molar-refractivity contribution in [1.29, 1.82) is 0 Å². The van der Waals surface area contributed by atoms with Crippen molar-refractivity contribution in [2.45, 2.75) is 31.8 Å². The Morgan fingerprint density at radius 1 is 1.35 bits per heavy atom. The summed E-state index contributed by atoms with van der Waals surface area (Å²) in [5.41, 5.74) is 6.33. The van der Waals surface area contributed by atoms with Crippen LogP contribution in [0.25, 0.3) is 16.6 Å². The highest BCUT2D eigenvalue weighted by molar-refractivity contribution is 7.11. The maximum absolute atomic E-state index is 3.82. The first-order valence-electron chi connectivity index (χ1n) is 9.24. The monoisotopic (exact) mass is 363 g/mol. The Balaban J connectivity index is 1.49. The van der Waals surface area contributed by atoms with Gasteiger partial charge in [0, 0.05) is 35.4 Å². The van der Waals surface area contributed by atoms with E-state index in [1.165, 1.54) is 36.7 Å². The summed E-state index contributed by atoms with van der Waals surface area (Å²) in [6, 6.07) is 13.6. The lowest BCUT2D eigenvalue weighted by atomic mass is 10.1. The van der Waals surface area contributed by atoms with Crippen LogP contribution in [0.15, 0.2) is 60.3 Å². The van der Waals surface area contributed by atoms with Crippen molar-refractivity contribution in [3.8, 4) is 0 Å². The summed E-state index contributed by atoms with van der Waals surface area (Å²) in [5, 5.41) is 6.79. The zero-order chi connectivity index (χ0) is 17.9. The fraction of sp³-hybridized carbons (Fsp3) is 0.318. The largest absolute Gasteiger partial charge is 0.348 e.